The maximum atomic E-state index is 12.7. The molecule has 172 valence electrons. The van der Waals surface area contributed by atoms with E-state index in [1.165, 1.54) is 0 Å². The number of aryl methyl sites for hydroxylation is 1. The van der Waals surface area contributed by atoms with Gasteiger partial charge in [-0.2, -0.15) is 4.98 Å². The molecule has 5 aromatic rings. The molecule has 2 N–H and O–H groups in total. The number of benzene rings is 3. The van der Waals surface area contributed by atoms with E-state index in [-0.39, 0.29) is 12.5 Å². The maximum Gasteiger partial charge on any atom is 0.264 e. The Bertz CT molecular complexity index is 1580. The van der Waals surface area contributed by atoms with Gasteiger partial charge in [0.25, 0.3) is 11.8 Å². The number of nitrogens with one attached hydrogen (secondary N) is 2. The quantitative estimate of drug-likeness (QED) is 0.352. The zero-order valence-corrected chi connectivity index (χ0v) is 18.9. The molecular formula is C27H21N5O3. The number of aliphatic imine (C=N–C) groups is 1. The van der Waals surface area contributed by atoms with E-state index in [1.54, 1.807) is 6.92 Å². The molecule has 0 saturated carbocycles. The van der Waals surface area contributed by atoms with Gasteiger partial charge in [0, 0.05) is 34.8 Å². The van der Waals surface area contributed by atoms with Gasteiger partial charge in [0.2, 0.25) is 0 Å². The van der Waals surface area contributed by atoms with Crippen molar-refractivity contribution in [2.24, 2.45) is 4.99 Å². The van der Waals surface area contributed by atoms with E-state index in [4.69, 9.17) is 14.3 Å². The van der Waals surface area contributed by atoms with Crippen LogP contribution in [0.1, 0.15) is 33.2 Å². The highest BCUT2D eigenvalue weighted by atomic mass is 16.5. The van der Waals surface area contributed by atoms with Gasteiger partial charge in [-0.1, -0.05) is 17.3 Å². The van der Waals surface area contributed by atoms with Crippen LogP contribution in [0.3, 0.4) is 0 Å². The predicted molar refractivity (Wildman–Crippen MR) is 132 cm³/mol. The van der Waals surface area contributed by atoms with E-state index >= 15 is 0 Å². The fourth-order valence-corrected chi connectivity index (χ4v) is 4.13. The molecule has 1 aliphatic heterocycles. The molecule has 0 fully saturated rings. The number of ether oxygens (including phenoxy) is 1. The highest BCUT2D eigenvalue weighted by molar-refractivity contribution is 6.08. The molecule has 0 saturated heterocycles. The van der Waals surface area contributed by atoms with Gasteiger partial charge < -0.3 is 19.6 Å². The van der Waals surface area contributed by atoms with Gasteiger partial charge in [-0.15, -0.1) is 0 Å². The van der Waals surface area contributed by atoms with Crippen LogP contribution in [0, 0.1) is 6.92 Å². The Balaban J connectivity index is 1.11. The number of carbonyl (C=O) groups is 1. The van der Waals surface area contributed by atoms with Crippen molar-refractivity contribution >= 4 is 33.9 Å². The number of amides is 1. The molecule has 0 spiro atoms. The fourth-order valence-electron chi connectivity index (χ4n) is 4.13. The fraction of sp³-hybridized carbons (Fsp3) is 0.111. The van der Waals surface area contributed by atoms with Crippen LogP contribution in [-0.2, 0) is 13.0 Å². The lowest BCUT2D eigenvalue weighted by Crippen LogP contribution is -2.12. The van der Waals surface area contributed by atoms with Gasteiger partial charge in [-0.05, 0) is 72.6 Å². The third kappa shape index (κ3) is 4.29. The lowest BCUT2D eigenvalue weighted by molar-refractivity contribution is 0.102. The molecular weight excluding hydrogens is 442 g/mol. The van der Waals surface area contributed by atoms with Crippen LogP contribution in [0.2, 0.25) is 0 Å². The SMILES string of the molecule is Cc1noc(COc2ccc3c(c2)CC(c2ccc(C(=O)Nc4ccc5[nH]ccc5c4)cc2)=N3)n1. The van der Waals surface area contributed by atoms with Crippen LogP contribution in [0.4, 0.5) is 11.4 Å². The first-order chi connectivity index (χ1) is 17.1. The Kier molecular flexibility index (Phi) is 5.11. The molecule has 0 radical (unpaired) electrons. The first-order valence-electron chi connectivity index (χ1n) is 11.2. The Morgan fingerprint density at radius 1 is 1.09 bits per heavy atom. The Labute approximate surface area is 200 Å². The minimum Gasteiger partial charge on any atom is -0.484 e. The smallest absolute Gasteiger partial charge is 0.264 e. The highest BCUT2D eigenvalue weighted by Crippen LogP contribution is 2.32. The number of anilines is 1. The normalized spacial score (nSPS) is 12.4. The van der Waals surface area contributed by atoms with Crippen LogP contribution in [-0.4, -0.2) is 26.7 Å². The number of carbonyl (C=O) groups excluding carboxylic acids is 1. The molecule has 3 aromatic carbocycles. The van der Waals surface area contributed by atoms with Crippen LogP contribution in [0.25, 0.3) is 10.9 Å². The molecule has 0 aliphatic carbocycles. The van der Waals surface area contributed by atoms with Gasteiger partial charge >= 0.3 is 0 Å². The second-order valence-electron chi connectivity index (χ2n) is 8.36. The minimum atomic E-state index is -0.152. The van der Waals surface area contributed by atoms with Crippen LogP contribution in [0.15, 0.2) is 82.4 Å². The average molecular weight is 463 g/mol. The molecule has 1 aliphatic rings. The highest BCUT2D eigenvalue weighted by Gasteiger charge is 2.18. The molecule has 1 amide bonds. The third-order valence-electron chi connectivity index (χ3n) is 5.89. The van der Waals surface area contributed by atoms with Gasteiger partial charge in [-0.25, -0.2) is 0 Å². The van der Waals surface area contributed by atoms with Crippen LogP contribution < -0.4 is 10.1 Å². The summed E-state index contributed by atoms with van der Waals surface area (Å²) in [4.78, 5) is 24.8. The number of hydrogen-bond donors (Lipinski definition) is 2. The average Bonchev–Trinajstić information content (AvgIpc) is 3.61. The van der Waals surface area contributed by atoms with Crippen molar-refractivity contribution in [3.63, 3.8) is 0 Å². The Morgan fingerprint density at radius 2 is 1.97 bits per heavy atom. The van der Waals surface area contributed by atoms with E-state index in [0.717, 1.165) is 44.9 Å². The van der Waals surface area contributed by atoms with E-state index in [0.29, 0.717) is 23.7 Å². The molecule has 6 rings (SSSR count). The number of aromatic nitrogens is 3. The summed E-state index contributed by atoms with van der Waals surface area (Å²) in [6.07, 6.45) is 2.57. The topological polar surface area (TPSA) is 105 Å². The number of H-pyrrole nitrogens is 1. The number of fused-ring (bicyclic) bond motifs is 2. The van der Waals surface area contributed by atoms with Gasteiger partial charge in [0.1, 0.15) is 5.75 Å². The second-order valence-corrected chi connectivity index (χ2v) is 8.36. The van der Waals surface area contributed by atoms with Crippen molar-refractivity contribution < 1.29 is 14.1 Å². The second kappa shape index (κ2) is 8.57. The molecule has 2 aromatic heterocycles. The summed E-state index contributed by atoms with van der Waals surface area (Å²) in [6, 6.07) is 21.1. The van der Waals surface area contributed by atoms with Crippen molar-refractivity contribution in [3.8, 4) is 5.75 Å². The van der Waals surface area contributed by atoms with Crippen LogP contribution >= 0.6 is 0 Å². The van der Waals surface area contributed by atoms with E-state index in [9.17, 15) is 4.79 Å². The zero-order chi connectivity index (χ0) is 23.8. The number of aromatic amines is 1. The monoisotopic (exact) mass is 463 g/mol. The van der Waals surface area contributed by atoms with Crippen molar-refractivity contribution in [1.82, 2.24) is 15.1 Å². The summed E-state index contributed by atoms with van der Waals surface area (Å²) in [5.74, 6) is 1.59. The van der Waals surface area contributed by atoms with Crippen LogP contribution in [0.5, 0.6) is 5.75 Å². The minimum absolute atomic E-state index is 0.152. The van der Waals surface area contributed by atoms with Gasteiger partial charge in [0.15, 0.2) is 12.4 Å². The number of rotatable bonds is 6. The summed E-state index contributed by atoms with van der Waals surface area (Å²) in [7, 11) is 0. The molecule has 8 nitrogen and oxygen atoms in total. The zero-order valence-electron chi connectivity index (χ0n) is 18.9. The van der Waals surface area contributed by atoms with E-state index in [1.807, 2.05) is 72.9 Å². The first-order valence-corrected chi connectivity index (χ1v) is 11.2. The van der Waals surface area contributed by atoms with Gasteiger partial charge in [-0.3, -0.25) is 9.79 Å². The predicted octanol–water partition coefficient (Wildman–Crippen LogP) is 5.37. The molecule has 8 heteroatoms. The number of nitrogens with zero attached hydrogens (tertiary/aromatic N) is 3. The van der Waals surface area contributed by atoms with Crippen molar-refractivity contribution in [1.29, 1.82) is 0 Å². The summed E-state index contributed by atoms with van der Waals surface area (Å²) in [5, 5.41) is 7.78. The summed E-state index contributed by atoms with van der Waals surface area (Å²) in [5.41, 5.74) is 6.32. The lowest BCUT2D eigenvalue weighted by Gasteiger charge is -2.07. The maximum absolute atomic E-state index is 12.7. The van der Waals surface area contributed by atoms with Crippen molar-refractivity contribution in [2.75, 3.05) is 5.32 Å². The van der Waals surface area contributed by atoms with Gasteiger partial charge in [0.05, 0.1) is 11.4 Å². The Morgan fingerprint density at radius 3 is 2.80 bits per heavy atom. The summed E-state index contributed by atoms with van der Waals surface area (Å²) in [6.45, 7) is 1.99. The van der Waals surface area contributed by atoms with E-state index < -0.39 is 0 Å². The molecule has 0 unspecified atom stereocenters. The largest absolute Gasteiger partial charge is 0.484 e. The third-order valence-corrected chi connectivity index (χ3v) is 5.89. The Hall–Kier alpha value is -4.72. The van der Waals surface area contributed by atoms with E-state index in [2.05, 4.69) is 20.4 Å². The standard InChI is InChI=1S/C27H21N5O3/c1-16-29-26(35-32-16)15-34-22-7-9-24-20(13-22)14-25(31-24)17-2-4-18(5-3-17)27(33)30-21-6-8-23-19(12-21)10-11-28-23/h2-13,28H,14-15H2,1H3,(H,30,33). The lowest BCUT2D eigenvalue weighted by atomic mass is 10.0. The molecule has 0 bridgehead atoms. The molecule has 35 heavy (non-hydrogen) atoms. The summed E-state index contributed by atoms with van der Waals surface area (Å²) < 4.78 is 10.9. The number of hydrogen-bond acceptors (Lipinski definition) is 6. The molecule has 3 heterocycles. The van der Waals surface area contributed by atoms with Crippen molar-refractivity contribution in [3.05, 3.63) is 101 Å². The van der Waals surface area contributed by atoms with Crippen molar-refractivity contribution in [2.45, 2.75) is 20.0 Å². The molecule has 0 atom stereocenters. The first kappa shape index (κ1) is 20.9. The summed E-state index contributed by atoms with van der Waals surface area (Å²) >= 11 is 0.